The molecule has 0 bridgehead atoms. The van der Waals surface area contributed by atoms with Gasteiger partial charge >= 0.3 is 5.97 Å². The van der Waals surface area contributed by atoms with Crippen LogP contribution in [0.5, 0.6) is 0 Å². The van der Waals surface area contributed by atoms with Crippen molar-refractivity contribution in [2.45, 2.75) is 0 Å². The molecule has 2 heterocycles. The van der Waals surface area contributed by atoms with Crippen LogP contribution in [-0.4, -0.2) is 22.2 Å². The molecule has 1 fully saturated rings. The van der Waals surface area contributed by atoms with E-state index in [0.29, 0.717) is 22.0 Å². The number of hydrogen-bond acceptors (Lipinski definition) is 5. The predicted octanol–water partition coefficient (Wildman–Crippen LogP) is 2.78. The number of amidine groups is 1. The van der Waals surface area contributed by atoms with Crippen LogP contribution in [0.1, 0.15) is 16.1 Å². The molecule has 3 rings (SSSR count). The second kappa shape index (κ2) is 5.53. The van der Waals surface area contributed by atoms with E-state index in [1.165, 1.54) is 12.1 Å². The Morgan fingerprint density at radius 1 is 1.27 bits per heavy atom. The fraction of sp³-hybridized carbons (Fsp3) is 0. The van der Waals surface area contributed by atoms with E-state index in [4.69, 9.17) is 9.83 Å². The van der Waals surface area contributed by atoms with Gasteiger partial charge in [-0.05, 0) is 30.0 Å². The number of carboxylic acids is 1. The summed E-state index contributed by atoms with van der Waals surface area (Å²) in [7, 11) is 0. The maximum absolute atomic E-state index is 11.5. The van der Waals surface area contributed by atoms with Crippen LogP contribution in [0.25, 0.3) is 17.4 Å². The van der Waals surface area contributed by atoms with Gasteiger partial charge < -0.3 is 14.8 Å². The fourth-order valence-corrected chi connectivity index (χ4v) is 2.71. The van der Waals surface area contributed by atoms with Gasteiger partial charge in [0.15, 0.2) is 5.17 Å². The Kier molecular flexibility index (Phi) is 3.56. The lowest BCUT2D eigenvalue weighted by Gasteiger charge is -2.01. The third-order valence-corrected chi connectivity index (χ3v) is 3.82. The molecular formula is C15H10N2O4S. The Bertz CT molecular complexity index is 822. The van der Waals surface area contributed by atoms with Crippen molar-refractivity contribution in [3.63, 3.8) is 0 Å². The lowest BCUT2D eigenvalue weighted by Crippen LogP contribution is -2.18. The zero-order valence-electron chi connectivity index (χ0n) is 11.1. The van der Waals surface area contributed by atoms with Crippen molar-refractivity contribution in [2.24, 2.45) is 0 Å². The molecule has 6 nitrogen and oxygen atoms in total. The summed E-state index contributed by atoms with van der Waals surface area (Å²) in [5.41, 5.74) is 0.613. The molecule has 0 spiro atoms. The van der Waals surface area contributed by atoms with Crippen LogP contribution < -0.4 is 5.32 Å². The molecule has 0 atom stereocenters. The standard InChI is InChI=1S/C15H10N2O4S/c16-15-17-13(18)12(22-15)7-8-5-6-11(21-8)9-3-1-2-4-10(9)14(19)20/h1-7H,(H,19,20)(H2,16,17,18)/b12-7-. The van der Waals surface area contributed by atoms with Gasteiger partial charge in [-0.2, -0.15) is 0 Å². The van der Waals surface area contributed by atoms with Gasteiger partial charge in [0.1, 0.15) is 11.5 Å². The average molecular weight is 314 g/mol. The topological polar surface area (TPSA) is 103 Å². The Hall–Kier alpha value is -2.80. The van der Waals surface area contributed by atoms with Crippen LogP contribution in [-0.2, 0) is 4.79 Å². The van der Waals surface area contributed by atoms with Gasteiger partial charge in [0, 0.05) is 11.6 Å². The van der Waals surface area contributed by atoms with Crippen molar-refractivity contribution >= 4 is 34.9 Å². The number of amides is 1. The monoisotopic (exact) mass is 314 g/mol. The van der Waals surface area contributed by atoms with E-state index < -0.39 is 5.97 Å². The summed E-state index contributed by atoms with van der Waals surface area (Å²) in [5.74, 6) is -0.559. The van der Waals surface area contributed by atoms with Gasteiger partial charge in [-0.25, -0.2) is 4.79 Å². The fourth-order valence-electron chi connectivity index (χ4n) is 2.03. The average Bonchev–Trinajstić information content (AvgIpc) is 3.06. The molecular weight excluding hydrogens is 304 g/mol. The third-order valence-electron chi connectivity index (χ3n) is 2.99. The molecule has 1 saturated heterocycles. The molecule has 1 amide bonds. The zero-order valence-corrected chi connectivity index (χ0v) is 11.9. The van der Waals surface area contributed by atoms with Crippen LogP contribution in [0.15, 0.2) is 45.7 Å². The molecule has 110 valence electrons. The normalized spacial score (nSPS) is 16.1. The van der Waals surface area contributed by atoms with Gasteiger partial charge in [0.05, 0.1) is 10.5 Å². The van der Waals surface area contributed by atoms with Crippen molar-refractivity contribution < 1.29 is 19.1 Å². The van der Waals surface area contributed by atoms with E-state index in [1.807, 2.05) is 0 Å². The molecule has 0 unspecified atom stereocenters. The first-order valence-corrected chi connectivity index (χ1v) is 7.08. The summed E-state index contributed by atoms with van der Waals surface area (Å²) < 4.78 is 5.60. The molecule has 1 aliphatic rings. The van der Waals surface area contributed by atoms with Gasteiger partial charge in [0.25, 0.3) is 5.91 Å². The molecule has 1 aromatic carbocycles. The summed E-state index contributed by atoms with van der Waals surface area (Å²) in [6, 6.07) is 9.83. The Balaban J connectivity index is 1.95. The smallest absolute Gasteiger partial charge is 0.336 e. The number of carbonyl (C=O) groups is 2. The van der Waals surface area contributed by atoms with Gasteiger partial charge in [-0.3, -0.25) is 10.2 Å². The highest BCUT2D eigenvalue weighted by atomic mass is 32.2. The number of carbonyl (C=O) groups excluding carboxylic acids is 1. The van der Waals surface area contributed by atoms with E-state index in [2.05, 4.69) is 5.32 Å². The van der Waals surface area contributed by atoms with Crippen LogP contribution in [0.4, 0.5) is 0 Å². The Morgan fingerprint density at radius 3 is 2.73 bits per heavy atom. The lowest BCUT2D eigenvalue weighted by atomic mass is 10.1. The second-order valence-corrected chi connectivity index (χ2v) is 5.50. The van der Waals surface area contributed by atoms with Crippen LogP contribution in [0, 0.1) is 5.41 Å². The van der Waals surface area contributed by atoms with Crippen LogP contribution in [0.3, 0.4) is 0 Å². The number of benzene rings is 1. The number of hydrogen-bond donors (Lipinski definition) is 3. The first kappa shape index (κ1) is 14.2. The maximum atomic E-state index is 11.5. The molecule has 1 aliphatic heterocycles. The minimum absolute atomic E-state index is 0.0688. The molecule has 1 aromatic heterocycles. The quantitative estimate of drug-likeness (QED) is 0.756. The zero-order chi connectivity index (χ0) is 15.7. The highest BCUT2D eigenvalue weighted by molar-refractivity contribution is 8.18. The van der Waals surface area contributed by atoms with Crippen molar-refractivity contribution in [3.05, 3.63) is 52.6 Å². The Morgan fingerprint density at radius 2 is 2.05 bits per heavy atom. The lowest BCUT2D eigenvalue weighted by molar-refractivity contribution is -0.115. The second-order valence-electron chi connectivity index (χ2n) is 4.45. The van der Waals surface area contributed by atoms with Gasteiger partial charge in [-0.15, -0.1) is 0 Å². The number of carboxylic acid groups (broad SMARTS) is 1. The SMILES string of the molecule is N=C1NC(=O)/C(=C/c2ccc(-c3ccccc3C(=O)O)o2)S1. The van der Waals surface area contributed by atoms with Crippen LogP contribution >= 0.6 is 11.8 Å². The third kappa shape index (κ3) is 2.66. The van der Waals surface area contributed by atoms with Gasteiger partial charge in [0.2, 0.25) is 0 Å². The first-order valence-electron chi connectivity index (χ1n) is 6.26. The summed E-state index contributed by atoms with van der Waals surface area (Å²) in [6.07, 6.45) is 1.52. The Labute approximate surface area is 129 Å². The molecule has 2 aromatic rings. The predicted molar refractivity (Wildman–Crippen MR) is 82.5 cm³/mol. The summed E-state index contributed by atoms with van der Waals surface area (Å²) >= 11 is 1.01. The highest BCUT2D eigenvalue weighted by Gasteiger charge is 2.23. The number of nitrogens with one attached hydrogen (secondary N) is 2. The molecule has 22 heavy (non-hydrogen) atoms. The largest absolute Gasteiger partial charge is 0.478 e. The minimum atomic E-state index is -1.04. The minimum Gasteiger partial charge on any atom is -0.478 e. The van der Waals surface area contributed by atoms with E-state index in [9.17, 15) is 14.7 Å². The highest BCUT2D eigenvalue weighted by Crippen LogP contribution is 2.29. The van der Waals surface area contributed by atoms with Crippen molar-refractivity contribution in [1.29, 1.82) is 5.41 Å². The van der Waals surface area contributed by atoms with E-state index in [1.54, 1.807) is 30.3 Å². The van der Waals surface area contributed by atoms with Crippen molar-refractivity contribution in [3.8, 4) is 11.3 Å². The molecule has 7 heteroatoms. The number of rotatable bonds is 3. The molecule has 0 radical (unpaired) electrons. The number of thioether (sulfide) groups is 1. The van der Waals surface area contributed by atoms with Gasteiger partial charge in [-0.1, -0.05) is 18.2 Å². The number of aromatic carboxylic acids is 1. The van der Waals surface area contributed by atoms with Crippen molar-refractivity contribution in [2.75, 3.05) is 0 Å². The molecule has 0 aliphatic carbocycles. The summed E-state index contributed by atoms with van der Waals surface area (Å²) in [5, 5.41) is 19.0. The number of furan rings is 1. The van der Waals surface area contributed by atoms with Crippen LogP contribution in [0.2, 0.25) is 0 Å². The van der Waals surface area contributed by atoms with Crippen molar-refractivity contribution in [1.82, 2.24) is 5.32 Å². The maximum Gasteiger partial charge on any atom is 0.336 e. The van der Waals surface area contributed by atoms with E-state index in [-0.39, 0.29) is 16.6 Å². The molecule has 0 saturated carbocycles. The van der Waals surface area contributed by atoms with E-state index in [0.717, 1.165) is 11.8 Å². The molecule has 3 N–H and O–H groups in total. The first-order chi connectivity index (χ1) is 10.5. The summed E-state index contributed by atoms with van der Waals surface area (Å²) in [4.78, 5) is 23.1. The summed E-state index contributed by atoms with van der Waals surface area (Å²) in [6.45, 7) is 0. The van der Waals surface area contributed by atoms with E-state index >= 15 is 0 Å².